The first-order chi connectivity index (χ1) is 13.4. The van der Waals surface area contributed by atoms with Crippen LogP contribution in [0.1, 0.15) is 21.6 Å². The minimum atomic E-state index is -0.924. The lowest BCUT2D eigenvalue weighted by atomic mass is 10.1. The van der Waals surface area contributed by atoms with Gasteiger partial charge in [-0.05, 0) is 49.7 Å². The van der Waals surface area contributed by atoms with E-state index in [9.17, 15) is 9.90 Å². The summed E-state index contributed by atoms with van der Waals surface area (Å²) in [6.07, 6.45) is 2.07. The minimum Gasteiger partial charge on any atom is -0.478 e. The number of rotatable bonds is 4. The van der Waals surface area contributed by atoms with Crippen LogP contribution in [-0.2, 0) is 0 Å². The molecule has 0 radical (unpaired) electrons. The van der Waals surface area contributed by atoms with E-state index in [1.807, 2.05) is 38.1 Å². The highest BCUT2D eigenvalue weighted by atomic mass is 35.5. The molecule has 0 bridgehead atoms. The molecule has 4 rings (SSSR count). The van der Waals surface area contributed by atoms with Crippen LogP contribution in [0.25, 0.3) is 16.6 Å². The van der Waals surface area contributed by atoms with E-state index >= 15 is 0 Å². The first-order valence-electron chi connectivity index (χ1n) is 8.69. The highest BCUT2D eigenvalue weighted by Crippen LogP contribution is 2.38. The summed E-state index contributed by atoms with van der Waals surface area (Å²) < 4.78 is 2.10. The van der Waals surface area contributed by atoms with E-state index in [4.69, 9.17) is 11.6 Å². The molecule has 28 heavy (non-hydrogen) atoms. The maximum absolute atomic E-state index is 11.4. The second-order valence-corrected chi connectivity index (χ2v) is 7.98. The number of carbonyl (C=O) groups is 1. The van der Waals surface area contributed by atoms with Crippen molar-refractivity contribution in [2.75, 3.05) is 0 Å². The lowest BCUT2D eigenvalue weighted by Gasteiger charge is -2.08. The van der Waals surface area contributed by atoms with Crippen LogP contribution in [0.3, 0.4) is 0 Å². The Balaban J connectivity index is 1.86. The molecule has 0 aliphatic heterocycles. The SMILES string of the molecule is Cc1ccc(C(=O)O)cc1Sc1cn(-c2ccc(Cl)nc2C)c2ccccc12. The summed E-state index contributed by atoms with van der Waals surface area (Å²) in [7, 11) is 0. The highest BCUT2D eigenvalue weighted by molar-refractivity contribution is 7.99. The van der Waals surface area contributed by atoms with Gasteiger partial charge in [-0.15, -0.1) is 0 Å². The Morgan fingerprint density at radius 3 is 2.61 bits per heavy atom. The zero-order valence-corrected chi connectivity index (χ0v) is 16.9. The molecule has 2 aromatic heterocycles. The van der Waals surface area contributed by atoms with Crippen LogP contribution in [0.4, 0.5) is 0 Å². The van der Waals surface area contributed by atoms with Crippen molar-refractivity contribution >= 4 is 40.2 Å². The fraction of sp³-hybridized carbons (Fsp3) is 0.0909. The van der Waals surface area contributed by atoms with Crippen LogP contribution in [0, 0.1) is 13.8 Å². The van der Waals surface area contributed by atoms with Crippen molar-refractivity contribution in [3.63, 3.8) is 0 Å². The number of aromatic carboxylic acids is 1. The second kappa shape index (κ2) is 7.34. The van der Waals surface area contributed by atoms with Crippen LogP contribution >= 0.6 is 23.4 Å². The molecule has 0 aliphatic carbocycles. The normalized spacial score (nSPS) is 11.1. The van der Waals surface area contributed by atoms with Gasteiger partial charge in [-0.2, -0.15) is 0 Å². The second-order valence-electron chi connectivity index (χ2n) is 6.51. The van der Waals surface area contributed by atoms with E-state index in [0.29, 0.717) is 5.15 Å². The summed E-state index contributed by atoms with van der Waals surface area (Å²) in [4.78, 5) is 17.7. The molecule has 4 nitrogen and oxygen atoms in total. The summed E-state index contributed by atoms with van der Waals surface area (Å²) in [6.45, 7) is 3.92. The van der Waals surface area contributed by atoms with E-state index in [2.05, 4.69) is 27.9 Å². The van der Waals surface area contributed by atoms with Crippen LogP contribution < -0.4 is 0 Å². The quantitative estimate of drug-likeness (QED) is 0.412. The summed E-state index contributed by atoms with van der Waals surface area (Å²) in [5.74, 6) is -0.924. The Labute approximate surface area is 171 Å². The fourth-order valence-corrected chi connectivity index (χ4v) is 4.45. The molecule has 0 unspecified atom stereocenters. The summed E-state index contributed by atoms with van der Waals surface area (Å²) in [5, 5.41) is 10.9. The van der Waals surface area contributed by atoms with Gasteiger partial charge < -0.3 is 9.67 Å². The largest absolute Gasteiger partial charge is 0.478 e. The average Bonchev–Trinajstić information content (AvgIpc) is 3.02. The van der Waals surface area contributed by atoms with Crippen molar-refractivity contribution in [2.45, 2.75) is 23.6 Å². The Hall–Kier alpha value is -2.76. The molecule has 0 saturated heterocycles. The van der Waals surface area contributed by atoms with Gasteiger partial charge in [0.2, 0.25) is 0 Å². The van der Waals surface area contributed by atoms with E-state index in [1.165, 1.54) is 0 Å². The van der Waals surface area contributed by atoms with Crippen molar-refractivity contribution in [3.8, 4) is 5.69 Å². The molecule has 0 amide bonds. The van der Waals surface area contributed by atoms with Crippen molar-refractivity contribution in [1.29, 1.82) is 0 Å². The number of halogens is 1. The number of aromatic nitrogens is 2. The van der Waals surface area contributed by atoms with Gasteiger partial charge in [0.05, 0.1) is 22.5 Å². The van der Waals surface area contributed by atoms with Gasteiger partial charge in [0, 0.05) is 21.4 Å². The number of carboxylic acids is 1. The van der Waals surface area contributed by atoms with Crippen molar-refractivity contribution in [2.24, 2.45) is 0 Å². The highest BCUT2D eigenvalue weighted by Gasteiger charge is 2.15. The van der Waals surface area contributed by atoms with Gasteiger partial charge in [-0.25, -0.2) is 9.78 Å². The Bertz CT molecular complexity index is 1220. The summed E-state index contributed by atoms with van der Waals surface area (Å²) in [6, 6.07) is 17.1. The molecule has 0 atom stereocenters. The Kier molecular flexibility index (Phi) is 4.87. The monoisotopic (exact) mass is 408 g/mol. The molecule has 0 saturated carbocycles. The van der Waals surface area contributed by atoms with Crippen LogP contribution in [0.15, 0.2) is 70.6 Å². The van der Waals surface area contributed by atoms with Gasteiger partial charge in [0.1, 0.15) is 5.15 Å². The molecular weight excluding hydrogens is 392 g/mol. The predicted molar refractivity (Wildman–Crippen MR) is 113 cm³/mol. The molecule has 0 fully saturated rings. The summed E-state index contributed by atoms with van der Waals surface area (Å²) in [5.41, 5.74) is 4.19. The van der Waals surface area contributed by atoms with Gasteiger partial charge >= 0.3 is 5.97 Å². The van der Waals surface area contributed by atoms with Crippen LogP contribution in [-0.4, -0.2) is 20.6 Å². The molecule has 0 spiro atoms. The van der Waals surface area contributed by atoms with Crippen LogP contribution in [0.5, 0.6) is 0 Å². The third-order valence-electron chi connectivity index (χ3n) is 4.61. The molecule has 2 heterocycles. The third-order valence-corrected chi connectivity index (χ3v) is 6.03. The van der Waals surface area contributed by atoms with E-state index in [-0.39, 0.29) is 5.56 Å². The number of fused-ring (bicyclic) bond motifs is 1. The van der Waals surface area contributed by atoms with Gasteiger partial charge in [0.15, 0.2) is 0 Å². The predicted octanol–water partition coefficient (Wildman–Crippen LogP) is 6.15. The molecule has 1 N–H and O–H groups in total. The number of hydrogen-bond donors (Lipinski definition) is 1. The zero-order chi connectivity index (χ0) is 19.8. The first-order valence-corrected chi connectivity index (χ1v) is 9.89. The number of pyridine rings is 1. The number of aryl methyl sites for hydroxylation is 2. The Morgan fingerprint density at radius 2 is 1.86 bits per heavy atom. The third kappa shape index (κ3) is 3.39. The smallest absolute Gasteiger partial charge is 0.335 e. The standard InChI is InChI=1S/C22H17ClN2O2S/c1-13-7-8-15(22(26)27)11-19(13)28-20-12-25(18-6-4-3-5-16(18)20)17-9-10-21(23)24-14(17)2/h3-12H,1-2H3,(H,26,27). The summed E-state index contributed by atoms with van der Waals surface area (Å²) >= 11 is 7.59. The maximum Gasteiger partial charge on any atom is 0.335 e. The molecular formula is C22H17ClN2O2S. The molecule has 2 aromatic carbocycles. The van der Waals surface area contributed by atoms with E-state index in [1.54, 1.807) is 30.0 Å². The fourth-order valence-electron chi connectivity index (χ4n) is 3.17. The van der Waals surface area contributed by atoms with E-state index < -0.39 is 5.97 Å². The molecule has 140 valence electrons. The topological polar surface area (TPSA) is 55.1 Å². The maximum atomic E-state index is 11.4. The lowest BCUT2D eigenvalue weighted by molar-refractivity contribution is 0.0696. The Morgan fingerprint density at radius 1 is 1.07 bits per heavy atom. The van der Waals surface area contributed by atoms with Crippen LogP contribution in [0.2, 0.25) is 5.15 Å². The molecule has 4 aromatic rings. The number of benzene rings is 2. The molecule has 6 heteroatoms. The minimum absolute atomic E-state index is 0.287. The lowest BCUT2D eigenvalue weighted by Crippen LogP contribution is -1.97. The van der Waals surface area contributed by atoms with Crippen molar-refractivity contribution in [3.05, 3.63) is 82.8 Å². The average molecular weight is 409 g/mol. The van der Waals surface area contributed by atoms with Gasteiger partial charge in [0.25, 0.3) is 0 Å². The number of carboxylic acid groups (broad SMARTS) is 1. The number of hydrogen-bond acceptors (Lipinski definition) is 3. The number of para-hydroxylation sites is 1. The molecule has 0 aliphatic rings. The van der Waals surface area contributed by atoms with Crippen molar-refractivity contribution in [1.82, 2.24) is 9.55 Å². The van der Waals surface area contributed by atoms with Gasteiger partial charge in [-0.1, -0.05) is 47.6 Å². The van der Waals surface area contributed by atoms with E-state index in [0.717, 1.165) is 37.6 Å². The number of nitrogens with zero attached hydrogens (tertiary/aromatic N) is 2. The zero-order valence-electron chi connectivity index (χ0n) is 15.3. The first kappa shape index (κ1) is 18.6. The van der Waals surface area contributed by atoms with Crippen molar-refractivity contribution < 1.29 is 9.90 Å². The van der Waals surface area contributed by atoms with Gasteiger partial charge in [-0.3, -0.25) is 0 Å².